The van der Waals surface area contributed by atoms with Crippen LogP contribution < -0.4 is 15.8 Å². The largest absolute Gasteiger partial charge is 0.490 e. The van der Waals surface area contributed by atoms with Crippen LogP contribution in [0.5, 0.6) is 5.75 Å². The van der Waals surface area contributed by atoms with Crippen LogP contribution in [0.1, 0.15) is 55.1 Å². The standard InChI is InChI=1S/C47H64FN3O12/c1-34(2)45-44(47(56)50-37-11-7-4-8-12-37)43(35-9-5-3-6-10-35)46(51(45)17-15-38(52)32-39(53)33-42(54)55)40-14-13-36(48)31-41(40)63-30-29-62-28-27-61-26-25-60-24-23-59-22-21-58-20-19-57-18-16-49/h3-14,31,34,38-39,52-53H,15-30,32-33,49H2,1-2H3,(H,50,56)(H,54,55). The van der Waals surface area contributed by atoms with Crippen molar-refractivity contribution in [3.05, 3.63) is 95.9 Å². The van der Waals surface area contributed by atoms with Gasteiger partial charge in [0.1, 0.15) is 18.2 Å². The summed E-state index contributed by atoms with van der Waals surface area (Å²) in [6.07, 6.45) is -2.86. The van der Waals surface area contributed by atoms with Crippen LogP contribution >= 0.6 is 0 Å². The van der Waals surface area contributed by atoms with Gasteiger partial charge in [-0.25, -0.2) is 4.39 Å². The molecule has 346 valence electrons. The highest BCUT2D eigenvalue weighted by Crippen LogP contribution is 2.45. The van der Waals surface area contributed by atoms with E-state index in [1.807, 2.05) is 66.9 Å². The second kappa shape index (κ2) is 28.8. The zero-order chi connectivity index (χ0) is 45.2. The van der Waals surface area contributed by atoms with Crippen LogP contribution in [0, 0.1) is 5.82 Å². The number of rotatable bonds is 33. The van der Waals surface area contributed by atoms with E-state index in [1.165, 1.54) is 12.1 Å². The summed E-state index contributed by atoms with van der Waals surface area (Å²) in [5, 5.41) is 33.6. The number of aliphatic hydroxyl groups excluding tert-OH is 2. The van der Waals surface area contributed by atoms with Crippen LogP contribution in [0.3, 0.4) is 0 Å². The number of carbonyl (C=O) groups is 2. The van der Waals surface area contributed by atoms with Gasteiger partial charge in [-0.15, -0.1) is 0 Å². The Kier molecular flexibility index (Phi) is 23.3. The number of carboxylic acids is 1. The van der Waals surface area contributed by atoms with Gasteiger partial charge in [-0.05, 0) is 48.6 Å². The van der Waals surface area contributed by atoms with Gasteiger partial charge in [0.15, 0.2) is 0 Å². The van der Waals surface area contributed by atoms with Crippen LogP contribution in [-0.4, -0.2) is 136 Å². The molecular formula is C47H64FN3O12. The number of carbonyl (C=O) groups excluding carboxylic acids is 1. The molecule has 0 fully saturated rings. The first kappa shape index (κ1) is 50.9. The lowest BCUT2D eigenvalue weighted by molar-refractivity contribution is -0.139. The minimum absolute atomic E-state index is 0.0760. The molecule has 0 saturated heterocycles. The summed E-state index contributed by atoms with van der Waals surface area (Å²) in [7, 11) is 0. The Bertz CT molecular complexity index is 1910. The summed E-state index contributed by atoms with van der Waals surface area (Å²) >= 11 is 0. The first-order chi connectivity index (χ1) is 30.6. The Balaban J connectivity index is 1.45. The molecule has 0 aliphatic heterocycles. The molecule has 0 aliphatic rings. The maximum absolute atomic E-state index is 15.1. The number of hydrogen-bond acceptors (Lipinski definition) is 12. The third kappa shape index (κ3) is 17.7. The minimum atomic E-state index is -1.25. The molecule has 4 aromatic rings. The Labute approximate surface area is 369 Å². The predicted molar refractivity (Wildman–Crippen MR) is 237 cm³/mol. The lowest BCUT2D eigenvalue weighted by Gasteiger charge is -2.21. The molecule has 0 bridgehead atoms. The number of anilines is 1. The first-order valence-electron chi connectivity index (χ1n) is 21.5. The normalized spacial score (nSPS) is 12.4. The summed E-state index contributed by atoms with van der Waals surface area (Å²) < 4.78 is 56.3. The number of hydrogen-bond donors (Lipinski definition) is 5. The van der Waals surface area contributed by atoms with Gasteiger partial charge < -0.3 is 64.1 Å². The zero-order valence-electron chi connectivity index (χ0n) is 36.4. The molecule has 0 radical (unpaired) electrons. The van der Waals surface area contributed by atoms with Gasteiger partial charge in [0.2, 0.25) is 0 Å². The summed E-state index contributed by atoms with van der Waals surface area (Å²) in [5.41, 5.74) is 9.40. The fourth-order valence-corrected chi connectivity index (χ4v) is 6.88. The number of halogens is 1. The van der Waals surface area contributed by atoms with E-state index in [0.717, 1.165) is 5.56 Å². The van der Waals surface area contributed by atoms with Crippen molar-refractivity contribution in [3.8, 4) is 28.1 Å². The molecule has 1 aromatic heterocycles. The molecular weight excluding hydrogens is 818 g/mol. The van der Waals surface area contributed by atoms with Crippen molar-refractivity contribution >= 4 is 17.6 Å². The van der Waals surface area contributed by atoms with E-state index in [-0.39, 0.29) is 50.2 Å². The molecule has 3 aromatic carbocycles. The summed E-state index contributed by atoms with van der Waals surface area (Å²) in [6, 6.07) is 22.7. The fourth-order valence-electron chi connectivity index (χ4n) is 6.88. The number of nitrogens with zero attached hydrogens (tertiary/aromatic N) is 1. The van der Waals surface area contributed by atoms with Crippen LogP contribution in [0.4, 0.5) is 10.1 Å². The second-order valence-corrected chi connectivity index (χ2v) is 14.9. The summed E-state index contributed by atoms with van der Waals surface area (Å²) in [6.45, 7) is 9.57. The highest BCUT2D eigenvalue weighted by atomic mass is 19.1. The number of carboxylic acid groups (broad SMARTS) is 1. The number of benzene rings is 3. The Morgan fingerprint density at radius 3 is 1.76 bits per heavy atom. The number of nitrogens with two attached hydrogens (primary N) is 1. The number of aromatic nitrogens is 1. The Morgan fingerprint density at radius 2 is 1.24 bits per heavy atom. The molecule has 4 rings (SSSR count). The van der Waals surface area contributed by atoms with Crippen LogP contribution in [-0.2, 0) is 39.8 Å². The molecule has 6 N–H and O–H groups in total. The SMILES string of the molecule is CC(C)c1c(C(=O)Nc2ccccc2)c(-c2ccccc2)c(-c2ccc(F)cc2OCCOCCOCCOCCOCCOCCOCCN)n1CCC(O)CC(O)CC(=O)O. The lowest BCUT2D eigenvalue weighted by Crippen LogP contribution is -2.22. The molecule has 15 nitrogen and oxygen atoms in total. The smallest absolute Gasteiger partial charge is 0.305 e. The lowest BCUT2D eigenvalue weighted by atomic mass is 9.94. The number of amides is 1. The highest BCUT2D eigenvalue weighted by Gasteiger charge is 2.32. The van der Waals surface area contributed by atoms with Crippen LogP contribution in [0.2, 0.25) is 0 Å². The second-order valence-electron chi connectivity index (χ2n) is 14.9. The van der Waals surface area contributed by atoms with Gasteiger partial charge in [-0.2, -0.15) is 0 Å². The molecule has 0 saturated carbocycles. The summed E-state index contributed by atoms with van der Waals surface area (Å²) in [5.74, 6) is -2.06. The topological polar surface area (TPSA) is 202 Å². The number of ether oxygens (including phenoxy) is 7. The van der Waals surface area contributed by atoms with Crippen molar-refractivity contribution in [2.24, 2.45) is 5.73 Å². The number of para-hydroxylation sites is 1. The van der Waals surface area contributed by atoms with Gasteiger partial charge >= 0.3 is 5.97 Å². The van der Waals surface area contributed by atoms with E-state index in [4.69, 9.17) is 44.0 Å². The molecule has 0 spiro atoms. The molecule has 2 unspecified atom stereocenters. The monoisotopic (exact) mass is 881 g/mol. The number of nitrogens with one attached hydrogen (secondary N) is 1. The quantitative estimate of drug-likeness (QED) is 0.0363. The van der Waals surface area contributed by atoms with Gasteiger partial charge in [0.25, 0.3) is 5.91 Å². The van der Waals surface area contributed by atoms with Crippen molar-refractivity contribution < 1.29 is 62.5 Å². The van der Waals surface area contributed by atoms with E-state index >= 15 is 4.39 Å². The summed E-state index contributed by atoms with van der Waals surface area (Å²) in [4.78, 5) is 25.7. The molecule has 2 atom stereocenters. The van der Waals surface area contributed by atoms with Crippen molar-refractivity contribution in [1.82, 2.24) is 4.57 Å². The Morgan fingerprint density at radius 1 is 0.714 bits per heavy atom. The molecule has 63 heavy (non-hydrogen) atoms. The molecule has 1 heterocycles. The zero-order valence-corrected chi connectivity index (χ0v) is 36.4. The third-order valence-electron chi connectivity index (χ3n) is 9.62. The average Bonchev–Trinajstić information content (AvgIpc) is 3.61. The van der Waals surface area contributed by atoms with E-state index in [0.29, 0.717) is 113 Å². The first-order valence-corrected chi connectivity index (χ1v) is 21.5. The van der Waals surface area contributed by atoms with E-state index in [9.17, 15) is 19.8 Å². The fraction of sp³-hybridized carbons (Fsp3) is 0.489. The van der Waals surface area contributed by atoms with Crippen LogP contribution in [0.25, 0.3) is 22.4 Å². The Hall–Kier alpha value is -4.75. The van der Waals surface area contributed by atoms with Gasteiger partial charge in [0, 0.05) is 41.7 Å². The number of aliphatic hydroxyl groups is 2. The average molecular weight is 882 g/mol. The van der Waals surface area contributed by atoms with Gasteiger partial charge in [0.05, 0.1) is 109 Å². The van der Waals surface area contributed by atoms with E-state index in [2.05, 4.69) is 5.32 Å². The minimum Gasteiger partial charge on any atom is -0.490 e. The van der Waals surface area contributed by atoms with E-state index < -0.39 is 30.4 Å². The van der Waals surface area contributed by atoms with E-state index in [1.54, 1.807) is 18.2 Å². The highest BCUT2D eigenvalue weighted by molar-refractivity contribution is 6.12. The number of aliphatic carboxylic acids is 1. The maximum Gasteiger partial charge on any atom is 0.305 e. The molecule has 16 heteroatoms. The van der Waals surface area contributed by atoms with Crippen LogP contribution in [0.15, 0.2) is 78.9 Å². The third-order valence-corrected chi connectivity index (χ3v) is 9.62. The van der Waals surface area contributed by atoms with Crippen molar-refractivity contribution in [2.75, 3.05) is 97.8 Å². The van der Waals surface area contributed by atoms with Gasteiger partial charge in [-0.1, -0.05) is 62.4 Å². The maximum atomic E-state index is 15.1. The van der Waals surface area contributed by atoms with Crippen molar-refractivity contribution in [3.63, 3.8) is 0 Å². The van der Waals surface area contributed by atoms with Crippen molar-refractivity contribution in [2.45, 2.75) is 57.8 Å². The van der Waals surface area contributed by atoms with Crippen molar-refractivity contribution in [1.29, 1.82) is 0 Å². The predicted octanol–water partition coefficient (Wildman–Crippen LogP) is 5.75. The molecule has 1 amide bonds. The van der Waals surface area contributed by atoms with Gasteiger partial charge in [-0.3, -0.25) is 9.59 Å². The molecule has 0 aliphatic carbocycles.